The van der Waals surface area contributed by atoms with Crippen molar-refractivity contribution in [2.75, 3.05) is 11.5 Å². The van der Waals surface area contributed by atoms with Crippen LogP contribution in [0.3, 0.4) is 0 Å². The standard InChI is InChI=1S/C17H24O2S2/c1-5-13(4)11-21-17(19)15-9-7-6-8-14(15)16(18)20-10-12(2)3/h6-9,12-13H,5,10-11H2,1-4H3. The molecule has 0 aliphatic rings. The molecule has 21 heavy (non-hydrogen) atoms. The summed E-state index contributed by atoms with van der Waals surface area (Å²) >= 11 is 2.62. The summed E-state index contributed by atoms with van der Waals surface area (Å²) in [6, 6.07) is 7.15. The molecular weight excluding hydrogens is 300 g/mol. The van der Waals surface area contributed by atoms with Gasteiger partial charge in [-0.05, 0) is 24.0 Å². The number of thioether (sulfide) groups is 2. The van der Waals surface area contributed by atoms with Crippen molar-refractivity contribution in [1.29, 1.82) is 0 Å². The highest BCUT2D eigenvalue weighted by molar-refractivity contribution is 8.14. The third-order valence-electron chi connectivity index (χ3n) is 3.11. The molecule has 1 atom stereocenters. The molecule has 4 heteroatoms. The van der Waals surface area contributed by atoms with Crippen LogP contribution in [-0.4, -0.2) is 21.7 Å². The van der Waals surface area contributed by atoms with Gasteiger partial charge in [0.05, 0.1) is 0 Å². The molecule has 0 amide bonds. The lowest BCUT2D eigenvalue weighted by atomic mass is 10.1. The van der Waals surface area contributed by atoms with E-state index >= 15 is 0 Å². The van der Waals surface area contributed by atoms with E-state index in [1.165, 1.54) is 23.5 Å². The topological polar surface area (TPSA) is 34.1 Å². The van der Waals surface area contributed by atoms with E-state index in [2.05, 4.69) is 27.7 Å². The summed E-state index contributed by atoms with van der Waals surface area (Å²) < 4.78 is 0. The Morgan fingerprint density at radius 2 is 1.43 bits per heavy atom. The van der Waals surface area contributed by atoms with E-state index in [4.69, 9.17) is 0 Å². The summed E-state index contributed by atoms with van der Waals surface area (Å²) in [6.07, 6.45) is 1.06. The Hall–Kier alpha value is -0.740. The molecule has 0 N–H and O–H groups in total. The SMILES string of the molecule is CCC(C)CSC(=O)c1ccccc1C(=O)SCC(C)C. The summed E-state index contributed by atoms with van der Waals surface area (Å²) in [5, 5.41) is 0.00110. The molecule has 0 heterocycles. The van der Waals surface area contributed by atoms with Gasteiger partial charge < -0.3 is 0 Å². The van der Waals surface area contributed by atoms with Gasteiger partial charge in [-0.2, -0.15) is 0 Å². The van der Waals surface area contributed by atoms with Crippen molar-refractivity contribution in [1.82, 2.24) is 0 Å². The van der Waals surface area contributed by atoms with E-state index in [1.54, 1.807) is 12.1 Å². The molecule has 116 valence electrons. The van der Waals surface area contributed by atoms with Crippen LogP contribution in [0.2, 0.25) is 0 Å². The second-order valence-corrected chi connectivity index (χ2v) is 7.64. The zero-order chi connectivity index (χ0) is 15.8. The summed E-state index contributed by atoms with van der Waals surface area (Å²) in [6.45, 7) is 8.42. The predicted molar refractivity (Wildman–Crippen MR) is 94.3 cm³/mol. The molecule has 0 aliphatic heterocycles. The van der Waals surface area contributed by atoms with Gasteiger partial charge in [0.25, 0.3) is 0 Å². The van der Waals surface area contributed by atoms with Crippen LogP contribution in [0.1, 0.15) is 54.8 Å². The lowest BCUT2D eigenvalue weighted by Gasteiger charge is -2.10. The Kier molecular flexibility index (Phi) is 8.12. The van der Waals surface area contributed by atoms with E-state index in [0.29, 0.717) is 23.0 Å². The number of rotatable bonds is 7. The second kappa shape index (κ2) is 9.31. The van der Waals surface area contributed by atoms with Crippen molar-refractivity contribution >= 4 is 33.8 Å². The average Bonchev–Trinajstić information content (AvgIpc) is 2.49. The molecule has 0 fully saturated rings. The highest BCUT2D eigenvalue weighted by atomic mass is 32.2. The maximum Gasteiger partial charge on any atom is 0.220 e. The van der Waals surface area contributed by atoms with Crippen molar-refractivity contribution in [3.63, 3.8) is 0 Å². The van der Waals surface area contributed by atoms with Crippen LogP contribution in [0.25, 0.3) is 0 Å². The van der Waals surface area contributed by atoms with Gasteiger partial charge in [-0.3, -0.25) is 9.59 Å². The molecule has 0 aliphatic carbocycles. The number of hydrogen-bond donors (Lipinski definition) is 0. The van der Waals surface area contributed by atoms with E-state index in [-0.39, 0.29) is 10.2 Å². The molecule has 1 aromatic rings. The van der Waals surface area contributed by atoms with Gasteiger partial charge in [-0.15, -0.1) is 0 Å². The Bertz CT molecular complexity index is 483. The Morgan fingerprint density at radius 1 is 0.952 bits per heavy atom. The molecular formula is C17H24O2S2. The molecule has 0 radical (unpaired) electrons. The van der Waals surface area contributed by atoms with Crippen LogP contribution in [0, 0.1) is 11.8 Å². The molecule has 0 bridgehead atoms. The first kappa shape index (κ1) is 18.3. The minimum absolute atomic E-state index is 0.00297. The zero-order valence-corrected chi connectivity index (χ0v) is 14.9. The smallest absolute Gasteiger partial charge is 0.220 e. The summed E-state index contributed by atoms with van der Waals surface area (Å²) in [5.74, 6) is 2.55. The number of carbonyl (C=O) groups excluding carboxylic acids is 2. The quantitative estimate of drug-likeness (QED) is 0.696. The summed E-state index contributed by atoms with van der Waals surface area (Å²) in [4.78, 5) is 24.6. The van der Waals surface area contributed by atoms with Crippen LogP contribution in [0.15, 0.2) is 24.3 Å². The number of hydrogen-bond acceptors (Lipinski definition) is 4. The normalized spacial score (nSPS) is 12.4. The number of carbonyl (C=O) groups is 2. The average molecular weight is 325 g/mol. The highest BCUT2D eigenvalue weighted by Gasteiger charge is 2.18. The van der Waals surface area contributed by atoms with E-state index < -0.39 is 0 Å². The lowest BCUT2D eigenvalue weighted by molar-refractivity contribution is 0.105. The number of benzene rings is 1. The third kappa shape index (κ3) is 6.27. The fraction of sp³-hybridized carbons (Fsp3) is 0.529. The minimum atomic E-state index is -0.00297. The maximum atomic E-state index is 12.3. The molecule has 1 unspecified atom stereocenters. The van der Waals surface area contributed by atoms with Crippen molar-refractivity contribution in [3.05, 3.63) is 35.4 Å². The molecule has 2 nitrogen and oxygen atoms in total. The fourth-order valence-electron chi connectivity index (χ4n) is 1.57. The van der Waals surface area contributed by atoms with Crippen molar-refractivity contribution in [2.45, 2.75) is 34.1 Å². The summed E-state index contributed by atoms with van der Waals surface area (Å²) in [5.41, 5.74) is 1.09. The van der Waals surface area contributed by atoms with Crippen LogP contribution in [0.4, 0.5) is 0 Å². The van der Waals surface area contributed by atoms with Crippen molar-refractivity contribution < 1.29 is 9.59 Å². The van der Waals surface area contributed by atoms with Crippen molar-refractivity contribution in [2.24, 2.45) is 11.8 Å². The predicted octanol–water partition coefficient (Wildman–Crippen LogP) is 5.14. The van der Waals surface area contributed by atoms with Gasteiger partial charge in [-0.1, -0.05) is 69.8 Å². The van der Waals surface area contributed by atoms with E-state index in [9.17, 15) is 9.59 Å². The monoisotopic (exact) mass is 324 g/mol. The van der Waals surface area contributed by atoms with Gasteiger partial charge in [-0.25, -0.2) is 0 Å². The minimum Gasteiger partial charge on any atom is -0.282 e. The van der Waals surface area contributed by atoms with Crippen LogP contribution < -0.4 is 0 Å². The van der Waals surface area contributed by atoms with Gasteiger partial charge in [0.15, 0.2) is 0 Å². The lowest BCUT2D eigenvalue weighted by Crippen LogP contribution is -2.08. The van der Waals surface area contributed by atoms with Gasteiger partial charge >= 0.3 is 0 Å². The van der Waals surface area contributed by atoms with Crippen LogP contribution in [-0.2, 0) is 0 Å². The van der Waals surface area contributed by atoms with Gasteiger partial charge in [0.2, 0.25) is 10.2 Å². The first-order valence-corrected chi connectivity index (χ1v) is 9.36. The summed E-state index contributed by atoms with van der Waals surface area (Å²) in [7, 11) is 0. The van der Waals surface area contributed by atoms with Gasteiger partial charge in [0, 0.05) is 22.6 Å². The molecule has 1 rings (SSSR count). The zero-order valence-electron chi connectivity index (χ0n) is 13.2. The van der Waals surface area contributed by atoms with E-state index in [0.717, 1.165) is 17.9 Å². The van der Waals surface area contributed by atoms with Crippen molar-refractivity contribution in [3.8, 4) is 0 Å². The molecule has 0 saturated carbocycles. The first-order valence-electron chi connectivity index (χ1n) is 7.39. The third-order valence-corrected chi connectivity index (χ3v) is 5.64. The van der Waals surface area contributed by atoms with Crippen LogP contribution in [0.5, 0.6) is 0 Å². The van der Waals surface area contributed by atoms with Gasteiger partial charge in [0.1, 0.15) is 0 Å². The molecule has 0 spiro atoms. The molecule has 0 aromatic heterocycles. The fourth-order valence-corrected chi connectivity index (χ4v) is 3.40. The largest absolute Gasteiger partial charge is 0.282 e. The highest BCUT2D eigenvalue weighted by Crippen LogP contribution is 2.24. The van der Waals surface area contributed by atoms with Crippen LogP contribution >= 0.6 is 23.5 Å². The molecule has 1 aromatic carbocycles. The molecule has 0 saturated heterocycles. The van der Waals surface area contributed by atoms with E-state index in [1.807, 2.05) is 12.1 Å². The maximum absolute atomic E-state index is 12.3. The Morgan fingerprint density at radius 3 is 1.86 bits per heavy atom. The first-order chi connectivity index (χ1) is 9.95. The Labute approximate surface area is 136 Å². The Balaban J connectivity index is 2.78. The second-order valence-electron chi connectivity index (χ2n) is 5.65.